The predicted octanol–water partition coefficient (Wildman–Crippen LogP) is 2.81. The van der Waals surface area contributed by atoms with E-state index in [4.69, 9.17) is 4.74 Å². The third-order valence-electron chi connectivity index (χ3n) is 5.16. The molecule has 1 aromatic carbocycles. The largest absolute Gasteiger partial charge is 0.494 e. The van der Waals surface area contributed by atoms with Crippen molar-refractivity contribution in [2.24, 2.45) is 0 Å². The van der Waals surface area contributed by atoms with Gasteiger partial charge in [-0.1, -0.05) is 6.07 Å². The van der Waals surface area contributed by atoms with Gasteiger partial charge in [-0.05, 0) is 49.9 Å². The Bertz CT molecular complexity index is 578. The molecule has 2 atom stereocenters. The summed E-state index contributed by atoms with van der Waals surface area (Å²) in [5.41, 5.74) is 0.961. The molecule has 4 nitrogen and oxygen atoms in total. The van der Waals surface area contributed by atoms with E-state index in [0.717, 1.165) is 50.9 Å². The highest BCUT2D eigenvalue weighted by molar-refractivity contribution is 5.74. The van der Waals surface area contributed by atoms with Crippen molar-refractivity contribution in [3.63, 3.8) is 0 Å². The number of likely N-dealkylation sites (tertiary alicyclic amines) is 2. The van der Waals surface area contributed by atoms with Crippen LogP contribution in [0, 0.1) is 5.82 Å². The summed E-state index contributed by atoms with van der Waals surface area (Å²) in [6, 6.07) is 5.89. The number of carbonyl (C=O) groups excluding carboxylic acids is 1. The molecule has 0 radical (unpaired) electrons. The smallest absolute Gasteiger partial charge is 0.219 e. The molecule has 126 valence electrons. The van der Waals surface area contributed by atoms with Crippen LogP contribution in [0.5, 0.6) is 5.75 Å². The van der Waals surface area contributed by atoms with Gasteiger partial charge in [-0.15, -0.1) is 0 Å². The summed E-state index contributed by atoms with van der Waals surface area (Å²) in [6.07, 6.45) is 4.43. The van der Waals surface area contributed by atoms with E-state index in [9.17, 15) is 9.18 Å². The minimum atomic E-state index is -0.313. The summed E-state index contributed by atoms with van der Waals surface area (Å²) >= 11 is 0. The molecule has 0 N–H and O–H groups in total. The Balaban J connectivity index is 1.72. The Kier molecular flexibility index (Phi) is 4.85. The van der Waals surface area contributed by atoms with Gasteiger partial charge in [0, 0.05) is 32.1 Å². The van der Waals surface area contributed by atoms with Crippen LogP contribution in [0.4, 0.5) is 4.39 Å². The highest BCUT2D eigenvalue weighted by Crippen LogP contribution is 2.31. The highest BCUT2D eigenvalue weighted by Gasteiger charge is 2.38. The third kappa shape index (κ3) is 3.34. The molecule has 2 saturated heterocycles. The van der Waals surface area contributed by atoms with Crippen LogP contribution in [0.15, 0.2) is 18.2 Å². The van der Waals surface area contributed by atoms with Crippen molar-refractivity contribution in [3.8, 4) is 5.75 Å². The molecule has 2 aliphatic heterocycles. The zero-order valence-corrected chi connectivity index (χ0v) is 13.9. The lowest BCUT2D eigenvalue weighted by molar-refractivity contribution is -0.130. The van der Waals surface area contributed by atoms with Crippen molar-refractivity contribution < 1.29 is 13.9 Å². The Hall–Kier alpha value is -1.62. The molecule has 3 rings (SSSR count). The fourth-order valence-electron chi connectivity index (χ4n) is 4.11. The molecular formula is C18H25FN2O2. The van der Waals surface area contributed by atoms with Gasteiger partial charge in [0.25, 0.3) is 0 Å². The number of hydrogen-bond acceptors (Lipinski definition) is 3. The van der Waals surface area contributed by atoms with Crippen LogP contribution in [0.1, 0.15) is 38.2 Å². The van der Waals surface area contributed by atoms with Gasteiger partial charge >= 0.3 is 0 Å². The number of hydrogen-bond donors (Lipinski definition) is 0. The van der Waals surface area contributed by atoms with Crippen LogP contribution in [0.25, 0.3) is 0 Å². The van der Waals surface area contributed by atoms with Crippen LogP contribution >= 0.6 is 0 Å². The van der Waals surface area contributed by atoms with Crippen molar-refractivity contribution in [2.45, 2.75) is 51.2 Å². The van der Waals surface area contributed by atoms with E-state index in [1.807, 2.05) is 11.0 Å². The van der Waals surface area contributed by atoms with Gasteiger partial charge in [-0.2, -0.15) is 0 Å². The van der Waals surface area contributed by atoms with Crippen LogP contribution in [0.3, 0.4) is 0 Å². The fraction of sp³-hybridized carbons (Fsp3) is 0.611. The van der Waals surface area contributed by atoms with Gasteiger partial charge < -0.3 is 9.64 Å². The highest BCUT2D eigenvalue weighted by atomic mass is 19.1. The number of amides is 1. The summed E-state index contributed by atoms with van der Waals surface area (Å²) in [4.78, 5) is 16.3. The molecule has 2 fully saturated rings. The van der Waals surface area contributed by atoms with Crippen LogP contribution < -0.4 is 4.74 Å². The maximum Gasteiger partial charge on any atom is 0.219 e. The SMILES string of the molecule is COc1ccc(CN2CCC[C@H]2[C@@H]2CCCN2C(C)=O)cc1F. The molecule has 0 bridgehead atoms. The number of rotatable bonds is 4. The number of halogens is 1. The first-order chi connectivity index (χ1) is 11.1. The summed E-state index contributed by atoms with van der Waals surface area (Å²) in [7, 11) is 1.48. The first kappa shape index (κ1) is 16.2. The van der Waals surface area contributed by atoms with Crippen molar-refractivity contribution >= 4 is 5.91 Å². The number of ether oxygens (including phenoxy) is 1. The number of carbonyl (C=O) groups is 1. The molecule has 5 heteroatoms. The average Bonchev–Trinajstić information content (AvgIpc) is 3.15. The van der Waals surface area contributed by atoms with E-state index < -0.39 is 0 Å². The minimum Gasteiger partial charge on any atom is -0.494 e. The normalized spacial score (nSPS) is 25.1. The zero-order chi connectivity index (χ0) is 16.4. The first-order valence-corrected chi connectivity index (χ1v) is 8.44. The van der Waals surface area contributed by atoms with Gasteiger partial charge in [0.05, 0.1) is 7.11 Å². The molecule has 0 unspecified atom stereocenters. The first-order valence-electron chi connectivity index (χ1n) is 8.44. The van der Waals surface area contributed by atoms with Crippen LogP contribution in [-0.4, -0.2) is 48.0 Å². The van der Waals surface area contributed by atoms with Gasteiger partial charge in [-0.3, -0.25) is 9.69 Å². The number of methoxy groups -OCH3 is 1. The topological polar surface area (TPSA) is 32.8 Å². The second kappa shape index (κ2) is 6.87. The van der Waals surface area contributed by atoms with Gasteiger partial charge in [0.2, 0.25) is 5.91 Å². The van der Waals surface area contributed by atoms with Crippen molar-refractivity contribution in [1.29, 1.82) is 0 Å². The van der Waals surface area contributed by atoms with E-state index in [1.54, 1.807) is 19.1 Å². The Morgan fingerprint density at radius 1 is 1.26 bits per heavy atom. The molecule has 1 amide bonds. The quantitative estimate of drug-likeness (QED) is 0.855. The lowest BCUT2D eigenvalue weighted by atomic mass is 10.0. The summed E-state index contributed by atoms with van der Waals surface area (Å²) < 4.78 is 18.9. The van der Waals surface area contributed by atoms with Gasteiger partial charge in [0.1, 0.15) is 0 Å². The lowest BCUT2D eigenvalue weighted by Gasteiger charge is -2.34. The van der Waals surface area contributed by atoms with E-state index in [-0.39, 0.29) is 17.5 Å². The maximum absolute atomic E-state index is 13.9. The second-order valence-electron chi connectivity index (χ2n) is 6.57. The van der Waals surface area contributed by atoms with Gasteiger partial charge in [-0.25, -0.2) is 4.39 Å². The number of nitrogens with zero attached hydrogens (tertiary/aromatic N) is 2. The molecule has 0 saturated carbocycles. The molecule has 23 heavy (non-hydrogen) atoms. The van der Waals surface area contributed by atoms with E-state index >= 15 is 0 Å². The van der Waals surface area contributed by atoms with E-state index in [1.165, 1.54) is 7.11 Å². The third-order valence-corrected chi connectivity index (χ3v) is 5.16. The Morgan fingerprint density at radius 3 is 2.70 bits per heavy atom. The monoisotopic (exact) mass is 320 g/mol. The minimum absolute atomic E-state index is 0.176. The molecule has 2 heterocycles. The fourth-order valence-corrected chi connectivity index (χ4v) is 4.11. The Morgan fingerprint density at radius 2 is 2.00 bits per heavy atom. The van der Waals surface area contributed by atoms with Gasteiger partial charge in [0.15, 0.2) is 11.6 Å². The van der Waals surface area contributed by atoms with Crippen molar-refractivity contribution in [2.75, 3.05) is 20.2 Å². The second-order valence-corrected chi connectivity index (χ2v) is 6.57. The standard InChI is InChI=1S/C18H25FN2O2/c1-13(22)21-10-4-6-17(21)16-5-3-9-20(16)12-14-7-8-18(23-2)15(19)11-14/h7-8,11,16-17H,3-6,9-10,12H2,1-2H3/t16-,17-/m0/s1. The molecule has 1 aromatic rings. The molecular weight excluding hydrogens is 295 g/mol. The Labute approximate surface area is 137 Å². The van der Waals surface area contributed by atoms with E-state index in [0.29, 0.717) is 12.1 Å². The average molecular weight is 320 g/mol. The van der Waals surface area contributed by atoms with Crippen LogP contribution in [0.2, 0.25) is 0 Å². The molecule has 2 aliphatic rings. The van der Waals surface area contributed by atoms with Crippen molar-refractivity contribution in [3.05, 3.63) is 29.6 Å². The maximum atomic E-state index is 13.9. The summed E-state index contributed by atoms with van der Waals surface area (Å²) in [5.74, 6) is 0.145. The summed E-state index contributed by atoms with van der Waals surface area (Å²) in [5, 5.41) is 0. The molecule has 0 aromatic heterocycles. The summed E-state index contributed by atoms with van der Waals surface area (Å²) in [6.45, 7) is 4.28. The van der Waals surface area contributed by atoms with Crippen molar-refractivity contribution in [1.82, 2.24) is 9.80 Å². The molecule has 0 aliphatic carbocycles. The van der Waals surface area contributed by atoms with E-state index in [2.05, 4.69) is 4.90 Å². The lowest BCUT2D eigenvalue weighted by Crippen LogP contribution is -2.47. The predicted molar refractivity (Wildman–Crippen MR) is 86.8 cm³/mol. The zero-order valence-electron chi connectivity index (χ0n) is 13.9. The molecule has 0 spiro atoms. The number of benzene rings is 1. The van der Waals surface area contributed by atoms with Crippen LogP contribution in [-0.2, 0) is 11.3 Å².